The third-order valence-corrected chi connectivity index (χ3v) is 7.52. The average Bonchev–Trinajstić information content (AvgIpc) is 3.05. The van der Waals surface area contributed by atoms with E-state index >= 15 is 0 Å². The molecule has 33 heavy (non-hydrogen) atoms. The van der Waals surface area contributed by atoms with Gasteiger partial charge < -0.3 is 9.47 Å². The largest absolute Gasteiger partial charge is 0.488 e. The molecule has 2 saturated heterocycles. The third kappa shape index (κ3) is 4.35. The number of likely N-dealkylation sites (tertiary alicyclic amines) is 1. The van der Waals surface area contributed by atoms with Gasteiger partial charge in [0.15, 0.2) is 0 Å². The predicted molar refractivity (Wildman–Crippen MR) is 131 cm³/mol. The second-order valence-corrected chi connectivity index (χ2v) is 11.5. The van der Waals surface area contributed by atoms with Gasteiger partial charge in [-0.05, 0) is 56.4 Å². The molecule has 0 bridgehead atoms. The SMILES string of the molecule is Cc1ccc(N2CC3(CCN(Cc4ccc5c(c4)C(C)(C)CC(C)(C)O5)CC3)OC2=O)cc1. The van der Waals surface area contributed by atoms with Crippen molar-refractivity contribution >= 4 is 11.8 Å². The Morgan fingerprint density at radius 1 is 0.939 bits per heavy atom. The van der Waals surface area contributed by atoms with Crippen molar-refractivity contribution in [1.82, 2.24) is 4.90 Å². The normalized spacial score (nSPS) is 23.2. The number of aryl methyl sites for hydroxylation is 1. The number of hydrogen-bond acceptors (Lipinski definition) is 4. The summed E-state index contributed by atoms with van der Waals surface area (Å²) >= 11 is 0. The summed E-state index contributed by atoms with van der Waals surface area (Å²) < 4.78 is 12.2. The third-order valence-electron chi connectivity index (χ3n) is 7.52. The number of fused-ring (bicyclic) bond motifs is 1. The van der Waals surface area contributed by atoms with Gasteiger partial charge in [-0.3, -0.25) is 9.80 Å². The van der Waals surface area contributed by atoms with Gasteiger partial charge in [0.05, 0.1) is 6.54 Å². The second-order valence-electron chi connectivity index (χ2n) is 11.5. The fourth-order valence-corrected chi connectivity index (χ4v) is 5.97. The highest BCUT2D eigenvalue weighted by atomic mass is 16.6. The molecular formula is C28H36N2O3. The number of carbonyl (C=O) groups is 1. The number of ether oxygens (including phenoxy) is 2. The van der Waals surface area contributed by atoms with Crippen LogP contribution in [0.25, 0.3) is 0 Å². The summed E-state index contributed by atoms with van der Waals surface area (Å²) in [5.74, 6) is 1.02. The molecule has 0 saturated carbocycles. The van der Waals surface area contributed by atoms with Gasteiger partial charge in [-0.25, -0.2) is 4.79 Å². The first-order valence-electron chi connectivity index (χ1n) is 12.2. The van der Waals surface area contributed by atoms with Crippen LogP contribution in [0.2, 0.25) is 0 Å². The van der Waals surface area contributed by atoms with Gasteiger partial charge in [0.25, 0.3) is 0 Å². The summed E-state index contributed by atoms with van der Waals surface area (Å²) in [5.41, 5.74) is 4.34. The van der Waals surface area contributed by atoms with Crippen LogP contribution in [0.1, 0.15) is 63.6 Å². The minimum atomic E-state index is -0.365. The van der Waals surface area contributed by atoms with Crippen LogP contribution in [0.5, 0.6) is 5.75 Å². The number of benzene rings is 2. The molecule has 1 amide bonds. The van der Waals surface area contributed by atoms with E-state index in [1.165, 1.54) is 16.7 Å². The summed E-state index contributed by atoms with van der Waals surface area (Å²) in [6.45, 7) is 14.5. The Labute approximate surface area is 197 Å². The summed E-state index contributed by atoms with van der Waals surface area (Å²) in [7, 11) is 0. The maximum atomic E-state index is 12.6. The van der Waals surface area contributed by atoms with Gasteiger partial charge in [-0.1, -0.05) is 43.7 Å². The van der Waals surface area contributed by atoms with Crippen molar-refractivity contribution in [2.75, 3.05) is 24.5 Å². The molecule has 176 valence electrons. The van der Waals surface area contributed by atoms with E-state index < -0.39 is 0 Å². The smallest absolute Gasteiger partial charge is 0.415 e. The van der Waals surface area contributed by atoms with Crippen LogP contribution in [-0.4, -0.2) is 41.8 Å². The van der Waals surface area contributed by atoms with Crippen molar-refractivity contribution in [3.63, 3.8) is 0 Å². The predicted octanol–water partition coefficient (Wildman–Crippen LogP) is 5.83. The molecule has 5 rings (SSSR count). The zero-order chi connectivity index (χ0) is 23.4. The van der Waals surface area contributed by atoms with E-state index in [2.05, 4.69) is 57.7 Å². The molecule has 2 fully saturated rings. The fraction of sp³-hybridized carbons (Fsp3) is 0.536. The average molecular weight is 449 g/mol. The van der Waals surface area contributed by atoms with Crippen molar-refractivity contribution in [3.8, 4) is 5.75 Å². The van der Waals surface area contributed by atoms with E-state index in [1.54, 1.807) is 4.90 Å². The van der Waals surface area contributed by atoms with E-state index in [9.17, 15) is 4.79 Å². The molecule has 3 aliphatic rings. The van der Waals surface area contributed by atoms with Crippen molar-refractivity contribution < 1.29 is 14.3 Å². The first kappa shape index (κ1) is 22.3. The molecule has 0 radical (unpaired) electrons. The molecule has 0 N–H and O–H groups in total. The summed E-state index contributed by atoms with van der Waals surface area (Å²) in [6, 6.07) is 14.8. The molecule has 0 atom stereocenters. The Morgan fingerprint density at radius 3 is 2.33 bits per heavy atom. The molecule has 3 heterocycles. The first-order chi connectivity index (χ1) is 15.5. The Balaban J connectivity index is 1.24. The topological polar surface area (TPSA) is 42.0 Å². The lowest BCUT2D eigenvalue weighted by molar-refractivity contribution is -0.000995. The minimum Gasteiger partial charge on any atom is -0.488 e. The van der Waals surface area contributed by atoms with Gasteiger partial charge in [-0.2, -0.15) is 0 Å². The van der Waals surface area contributed by atoms with Gasteiger partial charge in [0.1, 0.15) is 17.0 Å². The van der Waals surface area contributed by atoms with Crippen molar-refractivity contribution in [2.45, 2.75) is 77.0 Å². The van der Waals surface area contributed by atoms with E-state index in [0.717, 1.165) is 50.3 Å². The van der Waals surface area contributed by atoms with Crippen LogP contribution >= 0.6 is 0 Å². The van der Waals surface area contributed by atoms with Gasteiger partial charge >= 0.3 is 6.09 Å². The van der Waals surface area contributed by atoms with Gasteiger partial charge in [-0.15, -0.1) is 0 Å². The number of anilines is 1. The maximum absolute atomic E-state index is 12.6. The Morgan fingerprint density at radius 2 is 1.64 bits per heavy atom. The fourth-order valence-electron chi connectivity index (χ4n) is 5.97. The van der Waals surface area contributed by atoms with Crippen LogP contribution in [0.4, 0.5) is 10.5 Å². The number of rotatable bonds is 3. The number of nitrogens with zero attached hydrogens (tertiary/aromatic N) is 2. The van der Waals surface area contributed by atoms with Crippen molar-refractivity contribution in [1.29, 1.82) is 0 Å². The Hall–Kier alpha value is -2.53. The molecule has 0 aromatic heterocycles. The monoisotopic (exact) mass is 448 g/mol. The van der Waals surface area contributed by atoms with E-state index in [0.29, 0.717) is 6.54 Å². The highest BCUT2D eigenvalue weighted by molar-refractivity contribution is 5.90. The van der Waals surface area contributed by atoms with Crippen LogP contribution in [-0.2, 0) is 16.7 Å². The molecule has 5 nitrogen and oxygen atoms in total. The lowest BCUT2D eigenvalue weighted by atomic mass is 9.73. The lowest BCUT2D eigenvalue weighted by Crippen LogP contribution is -2.46. The van der Waals surface area contributed by atoms with E-state index in [-0.39, 0.29) is 22.7 Å². The van der Waals surface area contributed by atoms with Crippen LogP contribution in [0.15, 0.2) is 42.5 Å². The minimum absolute atomic E-state index is 0.0938. The van der Waals surface area contributed by atoms with Crippen molar-refractivity contribution in [2.24, 2.45) is 0 Å². The van der Waals surface area contributed by atoms with Gasteiger partial charge in [0, 0.05) is 43.7 Å². The van der Waals surface area contributed by atoms with Crippen LogP contribution in [0, 0.1) is 6.92 Å². The number of carbonyl (C=O) groups excluding carboxylic acids is 1. The number of piperidine rings is 1. The van der Waals surface area contributed by atoms with E-state index in [1.807, 2.05) is 24.3 Å². The zero-order valence-electron chi connectivity index (χ0n) is 20.6. The maximum Gasteiger partial charge on any atom is 0.415 e. The second kappa shape index (κ2) is 7.76. The highest BCUT2D eigenvalue weighted by Crippen LogP contribution is 2.45. The molecule has 0 unspecified atom stereocenters. The quantitative estimate of drug-likeness (QED) is 0.593. The highest BCUT2D eigenvalue weighted by Gasteiger charge is 2.47. The summed E-state index contributed by atoms with van der Waals surface area (Å²) in [4.78, 5) is 16.9. The molecule has 2 aromatic rings. The number of hydrogen-bond donors (Lipinski definition) is 0. The summed E-state index contributed by atoms with van der Waals surface area (Å²) in [6.07, 6.45) is 2.53. The zero-order valence-corrected chi connectivity index (χ0v) is 20.6. The van der Waals surface area contributed by atoms with E-state index in [4.69, 9.17) is 9.47 Å². The first-order valence-corrected chi connectivity index (χ1v) is 12.2. The molecule has 1 spiro atoms. The standard InChI is InChI=1S/C28H36N2O3/c1-20-6-9-22(10-7-20)30-19-28(33-25(30)31)12-14-29(15-13-28)17-21-8-11-24-23(16-21)26(2,3)18-27(4,5)32-24/h6-11,16H,12-15,17-19H2,1-5H3. The van der Waals surface area contributed by atoms with Gasteiger partial charge in [0.2, 0.25) is 0 Å². The molecule has 3 aliphatic heterocycles. The molecule has 2 aromatic carbocycles. The van der Waals surface area contributed by atoms with Crippen LogP contribution < -0.4 is 9.64 Å². The Bertz CT molecular complexity index is 1050. The molecule has 5 heteroatoms. The van der Waals surface area contributed by atoms with Crippen molar-refractivity contribution in [3.05, 3.63) is 59.2 Å². The molecule has 0 aliphatic carbocycles. The molecular weight excluding hydrogens is 412 g/mol. The summed E-state index contributed by atoms with van der Waals surface area (Å²) in [5, 5.41) is 0. The Kier molecular flexibility index (Phi) is 5.24. The lowest BCUT2D eigenvalue weighted by Gasteiger charge is -2.43. The van der Waals surface area contributed by atoms with Crippen LogP contribution in [0.3, 0.4) is 0 Å². The number of amides is 1.